The molecule has 0 aliphatic rings. The summed E-state index contributed by atoms with van der Waals surface area (Å²) in [6, 6.07) is 10.5. The Morgan fingerprint density at radius 2 is 1.82 bits per heavy atom. The first kappa shape index (κ1) is 26.3. The molecule has 0 atom stereocenters. The third kappa shape index (κ3) is 8.49. The van der Waals surface area contributed by atoms with Crippen LogP contribution in [-0.2, 0) is 4.79 Å². The average Bonchev–Trinajstić information content (AvgIpc) is 2.72. The lowest BCUT2D eigenvalue weighted by Crippen LogP contribution is -2.32. The minimum Gasteiger partial charge on any atom is -0.375 e. The zero-order valence-electron chi connectivity index (χ0n) is 19.8. The number of nitro benzene ring substituents is 1. The number of anilines is 2. The van der Waals surface area contributed by atoms with Gasteiger partial charge in [-0.3, -0.25) is 14.9 Å². The fourth-order valence-corrected chi connectivity index (χ4v) is 3.99. The lowest BCUT2D eigenvalue weighted by molar-refractivity contribution is -0.384. The van der Waals surface area contributed by atoms with Gasteiger partial charge in [-0.25, -0.2) is 5.43 Å². The van der Waals surface area contributed by atoms with Gasteiger partial charge in [0.15, 0.2) is 0 Å². The molecule has 0 aliphatic heterocycles. The average molecular weight is 518 g/mol. The molecule has 1 amide bonds. The molecule has 2 rings (SSSR count). The van der Waals surface area contributed by atoms with E-state index >= 15 is 0 Å². The van der Waals surface area contributed by atoms with Gasteiger partial charge in [0.25, 0.3) is 11.6 Å². The SMILES string of the molecule is Cc1ccc(NCC(=O)N/N=C/c2cc([N+](=O)[O-])ccc2N(CC(C)C)CC(C)C)c(Br)c1. The van der Waals surface area contributed by atoms with Crippen LogP contribution < -0.4 is 15.6 Å². The second-order valence-corrected chi connectivity index (χ2v) is 9.68. The van der Waals surface area contributed by atoms with Crippen molar-refractivity contribution in [1.29, 1.82) is 0 Å². The largest absolute Gasteiger partial charge is 0.375 e. The third-order valence-electron chi connectivity index (χ3n) is 4.69. The minimum atomic E-state index is -0.432. The molecule has 0 fully saturated rings. The fraction of sp³-hybridized carbons (Fsp3) is 0.417. The highest BCUT2D eigenvalue weighted by molar-refractivity contribution is 9.10. The molecule has 0 saturated carbocycles. The molecule has 0 unspecified atom stereocenters. The van der Waals surface area contributed by atoms with Crippen LogP contribution in [0, 0.1) is 28.9 Å². The highest BCUT2D eigenvalue weighted by Gasteiger charge is 2.17. The van der Waals surface area contributed by atoms with E-state index < -0.39 is 4.92 Å². The van der Waals surface area contributed by atoms with Crippen LogP contribution >= 0.6 is 15.9 Å². The van der Waals surface area contributed by atoms with E-state index in [1.54, 1.807) is 6.07 Å². The number of nitro groups is 1. The van der Waals surface area contributed by atoms with Crippen molar-refractivity contribution in [3.05, 3.63) is 62.1 Å². The molecule has 33 heavy (non-hydrogen) atoms. The molecule has 0 radical (unpaired) electrons. The predicted octanol–water partition coefficient (Wildman–Crippen LogP) is 5.35. The standard InChI is InChI=1S/C24H32BrN5O3/c1-16(2)14-29(15-17(3)4)23-9-7-20(30(32)33)11-19(23)12-27-28-24(31)13-26-22-8-6-18(5)10-21(22)25/h6-12,16-17,26H,13-15H2,1-5H3,(H,28,31)/b27-12+. The van der Waals surface area contributed by atoms with Crippen LogP contribution in [0.4, 0.5) is 17.1 Å². The Kier molecular flexibility index (Phi) is 9.84. The van der Waals surface area contributed by atoms with Crippen molar-refractivity contribution >= 4 is 45.1 Å². The van der Waals surface area contributed by atoms with E-state index in [0.717, 1.165) is 34.5 Å². The van der Waals surface area contributed by atoms with Gasteiger partial charge >= 0.3 is 0 Å². The van der Waals surface area contributed by atoms with Crippen LogP contribution in [0.2, 0.25) is 0 Å². The Bertz CT molecular complexity index is 998. The molecule has 8 nitrogen and oxygen atoms in total. The molecule has 2 N–H and O–H groups in total. The number of non-ortho nitro benzene ring substituents is 1. The maximum atomic E-state index is 12.2. The van der Waals surface area contributed by atoms with Crippen molar-refractivity contribution in [2.45, 2.75) is 34.6 Å². The molecule has 0 bridgehead atoms. The lowest BCUT2D eigenvalue weighted by Gasteiger charge is -2.29. The lowest BCUT2D eigenvalue weighted by atomic mass is 10.1. The van der Waals surface area contributed by atoms with E-state index in [1.807, 2.05) is 25.1 Å². The second kappa shape index (κ2) is 12.3. The first-order chi connectivity index (χ1) is 15.6. The van der Waals surface area contributed by atoms with Gasteiger partial charge in [-0.1, -0.05) is 33.8 Å². The van der Waals surface area contributed by atoms with E-state index in [0.29, 0.717) is 17.4 Å². The van der Waals surface area contributed by atoms with Crippen LogP contribution in [0.3, 0.4) is 0 Å². The van der Waals surface area contributed by atoms with E-state index in [-0.39, 0.29) is 18.1 Å². The Morgan fingerprint density at radius 3 is 2.39 bits per heavy atom. The van der Waals surface area contributed by atoms with Crippen molar-refractivity contribution in [1.82, 2.24) is 5.43 Å². The first-order valence-corrected chi connectivity index (χ1v) is 11.7. The summed E-state index contributed by atoms with van der Waals surface area (Å²) in [4.78, 5) is 25.3. The molecule has 0 saturated heterocycles. The van der Waals surface area contributed by atoms with Gasteiger partial charge in [-0.2, -0.15) is 5.10 Å². The Labute approximate surface area is 203 Å². The van der Waals surface area contributed by atoms with E-state index in [9.17, 15) is 14.9 Å². The Morgan fingerprint density at radius 1 is 1.15 bits per heavy atom. The number of carbonyl (C=O) groups is 1. The number of hydrogen-bond acceptors (Lipinski definition) is 6. The zero-order chi connectivity index (χ0) is 24.5. The van der Waals surface area contributed by atoms with Crippen LogP contribution in [0.25, 0.3) is 0 Å². The maximum absolute atomic E-state index is 12.2. The van der Waals surface area contributed by atoms with Crippen LogP contribution in [0.5, 0.6) is 0 Å². The molecule has 0 spiro atoms. The third-order valence-corrected chi connectivity index (χ3v) is 5.35. The molecule has 0 aliphatic carbocycles. The molecule has 0 heterocycles. The van der Waals surface area contributed by atoms with Gasteiger partial charge < -0.3 is 10.2 Å². The van der Waals surface area contributed by atoms with E-state index in [1.165, 1.54) is 18.3 Å². The fourth-order valence-electron chi connectivity index (χ4n) is 3.35. The van der Waals surface area contributed by atoms with E-state index in [2.05, 4.69) is 64.4 Å². The Balaban J connectivity index is 2.16. The quantitative estimate of drug-likeness (QED) is 0.238. The van der Waals surface area contributed by atoms with Gasteiger partial charge in [-0.05, 0) is 58.5 Å². The van der Waals surface area contributed by atoms with Crippen molar-refractivity contribution in [2.75, 3.05) is 29.9 Å². The number of hydrogen-bond donors (Lipinski definition) is 2. The Hall–Kier alpha value is -2.94. The van der Waals surface area contributed by atoms with Crippen molar-refractivity contribution in [3.8, 4) is 0 Å². The molecule has 2 aromatic carbocycles. The van der Waals surface area contributed by atoms with Gasteiger partial charge in [0, 0.05) is 46.6 Å². The van der Waals surface area contributed by atoms with Crippen molar-refractivity contribution in [3.63, 3.8) is 0 Å². The summed E-state index contributed by atoms with van der Waals surface area (Å²) < 4.78 is 0.871. The summed E-state index contributed by atoms with van der Waals surface area (Å²) in [6.45, 7) is 12.2. The summed E-state index contributed by atoms with van der Waals surface area (Å²) in [5.74, 6) is 0.498. The number of nitrogens with zero attached hydrogens (tertiary/aromatic N) is 3. The number of nitrogens with one attached hydrogen (secondary N) is 2. The summed E-state index contributed by atoms with van der Waals surface area (Å²) in [5, 5.41) is 18.4. The summed E-state index contributed by atoms with van der Waals surface area (Å²) in [6.07, 6.45) is 1.47. The number of rotatable bonds is 11. The van der Waals surface area contributed by atoms with Gasteiger partial charge in [0.2, 0.25) is 0 Å². The molecule has 9 heteroatoms. The van der Waals surface area contributed by atoms with Crippen LogP contribution in [-0.4, -0.2) is 36.7 Å². The molecular weight excluding hydrogens is 486 g/mol. The summed E-state index contributed by atoms with van der Waals surface area (Å²) in [5.41, 5.74) is 5.82. The monoisotopic (exact) mass is 517 g/mol. The normalized spacial score (nSPS) is 11.3. The van der Waals surface area contributed by atoms with Gasteiger partial charge in [0.05, 0.1) is 17.7 Å². The predicted molar refractivity (Wildman–Crippen MR) is 138 cm³/mol. The minimum absolute atomic E-state index is 0.0218. The second-order valence-electron chi connectivity index (χ2n) is 8.82. The number of hydrazone groups is 1. The molecular formula is C24H32BrN5O3. The maximum Gasteiger partial charge on any atom is 0.270 e. The van der Waals surface area contributed by atoms with Gasteiger partial charge in [0.1, 0.15) is 0 Å². The number of halogens is 1. The highest BCUT2D eigenvalue weighted by Crippen LogP contribution is 2.26. The number of aryl methyl sites for hydroxylation is 1. The smallest absolute Gasteiger partial charge is 0.270 e. The zero-order valence-corrected chi connectivity index (χ0v) is 21.3. The topological polar surface area (TPSA) is 99.9 Å². The van der Waals surface area contributed by atoms with Crippen molar-refractivity contribution in [2.24, 2.45) is 16.9 Å². The van der Waals surface area contributed by atoms with Crippen molar-refractivity contribution < 1.29 is 9.72 Å². The van der Waals surface area contributed by atoms with Crippen LogP contribution in [0.15, 0.2) is 46.0 Å². The number of benzene rings is 2. The molecule has 178 valence electrons. The molecule has 0 aromatic heterocycles. The number of carbonyl (C=O) groups excluding carboxylic acids is 1. The summed E-state index contributed by atoms with van der Waals surface area (Å²) in [7, 11) is 0. The van der Waals surface area contributed by atoms with Crippen LogP contribution in [0.1, 0.15) is 38.8 Å². The van der Waals surface area contributed by atoms with Gasteiger partial charge in [-0.15, -0.1) is 0 Å². The first-order valence-electron chi connectivity index (χ1n) is 10.9. The summed E-state index contributed by atoms with van der Waals surface area (Å²) >= 11 is 3.47. The number of amides is 1. The molecule has 2 aromatic rings. The highest BCUT2D eigenvalue weighted by atomic mass is 79.9. The van der Waals surface area contributed by atoms with E-state index in [4.69, 9.17) is 0 Å².